The summed E-state index contributed by atoms with van der Waals surface area (Å²) < 4.78 is 12.1. The highest BCUT2D eigenvalue weighted by Crippen LogP contribution is 2.40. The summed E-state index contributed by atoms with van der Waals surface area (Å²) in [6.45, 7) is 4.52. The van der Waals surface area contributed by atoms with E-state index in [9.17, 15) is 19.8 Å². The Morgan fingerprint density at radius 2 is 2.06 bits per heavy atom. The summed E-state index contributed by atoms with van der Waals surface area (Å²) in [5.74, 6) is -0.633. The van der Waals surface area contributed by atoms with E-state index >= 15 is 0 Å². The minimum Gasteiger partial charge on any atom is -0.507 e. The van der Waals surface area contributed by atoms with Crippen molar-refractivity contribution < 1.29 is 24.5 Å². The van der Waals surface area contributed by atoms with E-state index in [-0.39, 0.29) is 42.0 Å². The second-order valence-corrected chi connectivity index (χ2v) is 7.88. The average molecular weight is 422 g/mol. The molecule has 4 heterocycles. The predicted molar refractivity (Wildman–Crippen MR) is 112 cm³/mol. The van der Waals surface area contributed by atoms with Crippen LogP contribution in [0.2, 0.25) is 0 Å². The summed E-state index contributed by atoms with van der Waals surface area (Å²) in [5, 5.41) is 22.2. The second-order valence-electron chi connectivity index (χ2n) is 7.88. The monoisotopic (exact) mass is 422 g/mol. The highest BCUT2D eigenvalue weighted by atomic mass is 16.6. The molecule has 2 aliphatic rings. The van der Waals surface area contributed by atoms with Gasteiger partial charge in [-0.3, -0.25) is 4.79 Å². The number of aromatic hydroxyl groups is 1. The number of rotatable bonds is 4. The number of aliphatic hydroxyl groups is 1. The molecule has 160 valence electrons. The van der Waals surface area contributed by atoms with Gasteiger partial charge in [0.1, 0.15) is 12.4 Å². The number of fused-ring (bicyclic) bond motifs is 5. The molecule has 2 N–H and O–H groups in total. The number of phenols is 1. The minimum absolute atomic E-state index is 0.0935. The molecule has 0 bridgehead atoms. The number of hydrogen-bond acceptors (Lipinski definition) is 7. The van der Waals surface area contributed by atoms with Crippen molar-refractivity contribution in [3.05, 3.63) is 56.9 Å². The molecular weight excluding hydrogens is 400 g/mol. The van der Waals surface area contributed by atoms with Crippen LogP contribution in [0.5, 0.6) is 5.75 Å². The van der Waals surface area contributed by atoms with E-state index in [0.29, 0.717) is 41.1 Å². The molecule has 0 radical (unpaired) electrons. The van der Waals surface area contributed by atoms with E-state index in [0.717, 1.165) is 5.56 Å². The number of phenolic OH excluding ortho intramolecular Hbond substituents is 1. The number of esters is 1. The van der Waals surface area contributed by atoms with Crippen LogP contribution in [0.25, 0.3) is 22.3 Å². The average Bonchev–Trinajstić information content (AvgIpc) is 3.13. The second kappa shape index (κ2) is 6.90. The normalized spacial score (nSPS) is 19.1. The molecule has 1 unspecified atom stereocenters. The number of carbonyl (C=O) groups is 1. The van der Waals surface area contributed by atoms with Crippen molar-refractivity contribution in [3.8, 4) is 17.1 Å². The van der Waals surface area contributed by atoms with Crippen molar-refractivity contribution in [2.24, 2.45) is 0 Å². The van der Waals surface area contributed by atoms with Crippen LogP contribution in [-0.4, -0.2) is 32.3 Å². The molecule has 8 nitrogen and oxygen atoms in total. The molecule has 2 aliphatic heterocycles. The maximum absolute atomic E-state index is 13.2. The summed E-state index contributed by atoms with van der Waals surface area (Å²) in [4.78, 5) is 30.1. The lowest BCUT2D eigenvalue weighted by molar-refractivity contribution is -0.172. The predicted octanol–water partition coefficient (Wildman–Crippen LogP) is 2.32. The number of cyclic esters (lactones) is 1. The maximum Gasteiger partial charge on any atom is 0.343 e. The maximum atomic E-state index is 13.2. The van der Waals surface area contributed by atoms with Crippen LogP contribution in [0, 0.1) is 0 Å². The molecule has 3 aromatic rings. The van der Waals surface area contributed by atoms with E-state index in [1.54, 1.807) is 23.6 Å². The molecule has 0 fully saturated rings. The van der Waals surface area contributed by atoms with Crippen molar-refractivity contribution in [1.29, 1.82) is 0 Å². The van der Waals surface area contributed by atoms with Gasteiger partial charge in [-0.25, -0.2) is 9.78 Å². The molecule has 0 saturated carbocycles. The lowest BCUT2D eigenvalue weighted by Crippen LogP contribution is -2.44. The zero-order chi connectivity index (χ0) is 21.9. The topological polar surface area (TPSA) is 111 Å². The number of ether oxygens (including phenoxy) is 2. The van der Waals surface area contributed by atoms with Crippen molar-refractivity contribution >= 4 is 16.9 Å². The molecule has 31 heavy (non-hydrogen) atoms. The smallest absolute Gasteiger partial charge is 0.343 e. The van der Waals surface area contributed by atoms with E-state index in [1.807, 2.05) is 19.1 Å². The van der Waals surface area contributed by atoms with Crippen molar-refractivity contribution in [1.82, 2.24) is 9.55 Å². The summed E-state index contributed by atoms with van der Waals surface area (Å²) in [5.41, 5.74) is 1.58. The van der Waals surface area contributed by atoms with Gasteiger partial charge in [0.15, 0.2) is 5.60 Å². The van der Waals surface area contributed by atoms with Crippen molar-refractivity contribution in [2.75, 3.05) is 6.61 Å². The molecule has 0 saturated heterocycles. The van der Waals surface area contributed by atoms with Gasteiger partial charge in [-0.15, -0.1) is 0 Å². The molecule has 8 heteroatoms. The Morgan fingerprint density at radius 1 is 1.26 bits per heavy atom. The number of benzene rings is 1. The first kappa shape index (κ1) is 19.7. The molecule has 0 aliphatic carbocycles. The Kier molecular flexibility index (Phi) is 4.39. The van der Waals surface area contributed by atoms with E-state index < -0.39 is 11.6 Å². The number of aromatic nitrogens is 2. The van der Waals surface area contributed by atoms with Gasteiger partial charge >= 0.3 is 5.97 Å². The van der Waals surface area contributed by atoms with Gasteiger partial charge in [-0.1, -0.05) is 13.0 Å². The third-order valence-electron chi connectivity index (χ3n) is 6.21. The van der Waals surface area contributed by atoms with Crippen LogP contribution in [0.4, 0.5) is 0 Å². The number of carbonyl (C=O) groups excluding carboxylic acids is 1. The van der Waals surface area contributed by atoms with Crippen LogP contribution < -0.4 is 5.56 Å². The van der Waals surface area contributed by atoms with Crippen LogP contribution in [0.15, 0.2) is 29.1 Å². The Labute approximate surface area is 177 Å². The number of nitrogens with zero attached hydrogens (tertiary/aromatic N) is 2. The van der Waals surface area contributed by atoms with Crippen LogP contribution in [-0.2, 0) is 39.6 Å². The van der Waals surface area contributed by atoms with Crippen molar-refractivity contribution in [2.45, 2.75) is 45.6 Å². The summed E-state index contributed by atoms with van der Waals surface area (Å²) in [7, 11) is 0. The highest BCUT2D eigenvalue weighted by molar-refractivity contribution is 5.90. The standard InChI is InChI=1S/C23H22N2O6/c1-3-23(29)16-8-18-19-13(9-25(18)21(27)15(16)11-31-22(23)28)7-14-17(24-19)6-5-12(20(14)26)10-30-4-2/h5-8,26,29H,3-4,9-11H2,1-2H3. The fourth-order valence-corrected chi connectivity index (χ4v) is 4.41. The molecule has 0 amide bonds. The first-order valence-electron chi connectivity index (χ1n) is 10.3. The van der Waals surface area contributed by atoms with Gasteiger partial charge in [-0.05, 0) is 31.5 Å². The lowest BCUT2D eigenvalue weighted by Gasteiger charge is -2.31. The molecule has 5 rings (SSSR count). The highest BCUT2D eigenvalue weighted by Gasteiger charge is 2.45. The third kappa shape index (κ3) is 2.72. The van der Waals surface area contributed by atoms with Gasteiger partial charge in [0, 0.05) is 28.7 Å². The zero-order valence-electron chi connectivity index (χ0n) is 17.3. The van der Waals surface area contributed by atoms with Crippen LogP contribution in [0.3, 0.4) is 0 Å². The van der Waals surface area contributed by atoms with E-state index in [4.69, 9.17) is 14.5 Å². The largest absolute Gasteiger partial charge is 0.507 e. The fourth-order valence-electron chi connectivity index (χ4n) is 4.41. The van der Waals surface area contributed by atoms with Gasteiger partial charge in [-0.2, -0.15) is 0 Å². The summed E-state index contributed by atoms with van der Waals surface area (Å²) in [6.07, 6.45) is 0.0935. The number of pyridine rings is 2. The Hall–Kier alpha value is -3.23. The van der Waals surface area contributed by atoms with Gasteiger partial charge in [0.05, 0.1) is 35.6 Å². The molecule has 1 aromatic carbocycles. The fraction of sp³-hybridized carbons (Fsp3) is 0.348. The van der Waals surface area contributed by atoms with E-state index in [2.05, 4.69) is 0 Å². The van der Waals surface area contributed by atoms with E-state index in [1.165, 1.54) is 0 Å². The van der Waals surface area contributed by atoms with Gasteiger partial charge in [0.25, 0.3) is 5.56 Å². The Morgan fingerprint density at radius 3 is 2.81 bits per heavy atom. The molecule has 2 aromatic heterocycles. The quantitative estimate of drug-likeness (QED) is 0.486. The molecular formula is C23H22N2O6. The summed E-state index contributed by atoms with van der Waals surface area (Å²) in [6, 6.07) is 7.09. The van der Waals surface area contributed by atoms with Crippen LogP contribution >= 0.6 is 0 Å². The van der Waals surface area contributed by atoms with Crippen molar-refractivity contribution in [3.63, 3.8) is 0 Å². The molecule has 1 atom stereocenters. The Balaban J connectivity index is 1.70. The SMILES string of the molecule is CCOCc1ccc2nc3c(cc2c1O)Cn1c-3cc2c(c1=O)COC(=O)C2(O)CC. The first-order chi connectivity index (χ1) is 14.9. The third-order valence-corrected chi connectivity index (χ3v) is 6.21. The van der Waals surface area contributed by atoms with Gasteiger partial charge < -0.3 is 24.3 Å². The van der Waals surface area contributed by atoms with Crippen LogP contribution in [0.1, 0.15) is 42.5 Å². The van der Waals surface area contributed by atoms with Gasteiger partial charge in [0.2, 0.25) is 0 Å². The zero-order valence-corrected chi connectivity index (χ0v) is 17.3. The first-order valence-corrected chi connectivity index (χ1v) is 10.3. The summed E-state index contributed by atoms with van der Waals surface area (Å²) >= 11 is 0. The Bertz CT molecular complexity index is 1310. The minimum atomic E-state index is -1.85. The lowest BCUT2D eigenvalue weighted by atomic mass is 9.86. The molecule has 0 spiro atoms. The number of hydrogen-bond donors (Lipinski definition) is 2.